The molecule has 1 aromatic heterocycles. The summed E-state index contributed by atoms with van der Waals surface area (Å²) < 4.78 is 1.33. The van der Waals surface area contributed by atoms with E-state index in [0.717, 1.165) is 22.5 Å². The zero-order valence-corrected chi connectivity index (χ0v) is 20.9. The van der Waals surface area contributed by atoms with Crippen molar-refractivity contribution in [3.05, 3.63) is 85.6 Å². The smallest absolute Gasteiger partial charge is 0.267 e. The first kappa shape index (κ1) is 25.7. The second-order valence-electron chi connectivity index (χ2n) is 7.56. The fourth-order valence-electron chi connectivity index (χ4n) is 3.10. The van der Waals surface area contributed by atoms with Crippen molar-refractivity contribution in [2.24, 2.45) is 5.10 Å². The van der Waals surface area contributed by atoms with Crippen LogP contribution in [-0.4, -0.2) is 35.3 Å². The number of amides is 2. The van der Waals surface area contributed by atoms with Gasteiger partial charge < -0.3 is 10.6 Å². The van der Waals surface area contributed by atoms with E-state index < -0.39 is 0 Å². The van der Waals surface area contributed by atoms with Gasteiger partial charge in [-0.1, -0.05) is 47.5 Å². The Kier molecular flexibility index (Phi) is 9.44. The number of carbonyl (C=O) groups is 2. The molecule has 1 heterocycles. The molecule has 0 aliphatic carbocycles. The summed E-state index contributed by atoms with van der Waals surface area (Å²) in [7, 11) is 0. The summed E-state index contributed by atoms with van der Waals surface area (Å²) in [6.07, 6.45) is 1.40. The molecule has 178 valence electrons. The molecule has 0 fully saturated rings. The van der Waals surface area contributed by atoms with Gasteiger partial charge in [0.25, 0.3) is 5.91 Å². The van der Waals surface area contributed by atoms with Crippen molar-refractivity contribution in [3.8, 4) is 0 Å². The van der Waals surface area contributed by atoms with Crippen LogP contribution in [0.25, 0.3) is 0 Å². The molecule has 0 bridgehead atoms. The number of aromatic nitrogens is 1. The number of carbonyl (C=O) groups excluding carboxylic acids is 2. The lowest BCUT2D eigenvalue weighted by molar-refractivity contribution is -0.120. The van der Waals surface area contributed by atoms with Gasteiger partial charge >= 0.3 is 0 Å². The molecular weight excluding hydrogens is 493 g/mol. The second kappa shape index (κ2) is 12.5. The van der Waals surface area contributed by atoms with Crippen molar-refractivity contribution in [1.29, 1.82) is 5.41 Å². The Balaban J connectivity index is 1.52. The molecule has 2 amide bonds. The first-order valence-electron chi connectivity index (χ1n) is 10.6. The third kappa shape index (κ3) is 7.83. The molecule has 10 heteroatoms. The average Bonchev–Trinajstić information content (AvgIpc) is 3.15. The molecule has 0 saturated heterocycles. The quantitative estimate of drug-likeness (QED) is 0.356. The Hall–Kier alpha value is -2.94. The maximum Gasteiger partial charge on any atom is 0.267 e. The van der Waals surface area contributed by atoms with Crippen LogP contribution in [0.3, 0.4) is 0 Å². The van der Waals surface area contributed by atoms with Gasteiger partial charge in [-0.3, -0.25) is 15.0 Å². The number of thiazole rings is 1. The molecule has 0 saturated carbocycles. The van der Waals surface area contributed by atoms with Gasteiger partial charge in [0.2, 0.25) is 10.7 Å². The van der Waals surface area contributed by atoms with E-state index in [-0.39, 0.29) is 28.7 Å². The minimum absolute atomic E-state index is 0.0605. The van der Waals surface area contributed by atoms with E-state index in [1.807, 2.05) is 48.5 Å². The summed E-state index contributed by atoms with van der Waals surface area (Å²) in [5, 5.41) is 21.1. The molecule has 2 aromatic carbocycles. The number of rotatable bonds is 10. The van der Waals surface area contributed by atoms with E-state index in [1.165, 1.54) is 4.68 Å². The number of hydrogen-bond acceptors (Lipinski definition) is 5. The van der Waals surface area contributed by atoms with Gasteiger partial charge in [-0.25, -0.2) is 4.68 Å². The normalized spacial score (nSPS) is 11.3. The van der Waals surface area contributed by atoms with Crippen LogP contribution in [0.1, 0.15) is 23.7 Å². The lowest BCUT2D eigenvalue weighted by Crippen LogP contribution is -2.32. The van der Waals surface area contributed by atoms with Gasteiger partial charge in [0, 0.05) is 28.5 Å². The molecule has 34 heavy (non-hydrogen) atoms. The molecule has 0 atom stereocenters. The Labute approximate surface area is 211 Å². The van der Waals surface area contributed by atoms with Crippen LogP contribution in [0, 0.1) is 5.41 Å². The predicted molar refractivity (Wildman–Crippen MR) is 137 cm³/mol. The van der Waals surface area contributed by atoms with E-state index in [9.17, 15) is 9.59 Å². The summed E-state index contributed by atoms with van der Waals surface area (Å²) in [5.74, 6) is -0.508. The molecule has 0 spiro atoms. The highest BCUT2D eigenvalue weighted by molar-refractivity contribution is 7.07. The monoisotopic (exact) mass is 517 g/mol. The van der Waals surface area contributed by atoms with Gasteiger partial charge in [0.1, 0.15) is 5.71 Å². The average molecular weight is 518 g/mol. The maximum atomic E-state index is 12.4. The molecule has 0 unspecified atom stereocenters. The summed E-state index contributed by atoms with van der Waals surface area (Å²) in [6.45, 7) is 2.51. The molecule has 3 aromatic rings. The Morgan fingerprint density at radius 1 is 0.941 bits per heavy atom. The van der Waals surface area contributed by atoms with E-state index in [2.05, 4.69) is 15.7 Å². The molecule has 0 aliphatic heterocycles. The number of nitrogens with zero attached hydrogens (tertiary/aromatic N) is 2. The van der Waals surface area contributed by atoms with Crippen LogP contribution in [0.2, 0.25) is 10.0 Å². The SMILES string of the molecule is C/C(=N\n1c(CC(=O)NCCc2ccc(Cl)cc2)csc1=N)C(=O)NCCc1ccc(Cl)cc1. The largest absolute Gasteiger partial charge is 0.355 e. The van der Waals surface area contributed by atoms with Crippen molar-refractivity contribution in [2.45, 2.75) is 26.2 Å². The van der Waals surface area contributed by atoms with E-state index in [1.54, 1.807) is 12.3 Å². The number of hydrogen-bond donors (Lipinski definition) is 3. The molecule has 0 aliphatic rings. The second-order valence-corrected chi connectivity index (χ2v) is 9.30. The lowest BCUT2D eigenvalue weighted by atomic mass is 10.1. The van der Waals surface area contributed by atoms with Crippen LogP contribution in [0.5, 0.6) is 0 Å². The molecule has 3 rings (SSSR count). The van der Waals surface area contributed by atoms with Crippen LogP contribution in [-0.2, 0) is 28.9 Å². The Morgan fingerprint density at radius 3 is 2.03 bits per heavy atom. The van der Waals surface area contributed by atoms with Crippen molar-refractivity contribution >= 4 is 52.1 Å². The topological polar surface area (TPSA) is 99.3 Å². The van der Waals surface area contributed by atoms with E-state index >= 15 is 0 Å². The Bertz CT molecular complexity index is 1220. The minimum Gasteiger partial charge on any atom is -0.355 e. The highest BCUT2D eigenvalue weighted by Gasteiger charge is 2.12. The van der Waals surface area contributed by atoms with Crippen molar-refractivity contribution in [2.75, 3.05) is 13.1 Å². The van der Waals surface area contributed by atoms with Crippen molar-refractivity contribution < 1.29 is 9.59 Å². The van der Waals surface area contributed by atoms with Gasteiger partial charge in [0.15, 0.2) is 0 Å². The van der Waals surface area contributed by atoms with Crippen LogP contribution < -0.4 is 15.4 Å². The van der Waals surface area contributed by atoms with Crippen molar-refractivity contribution in [3.63, 3.8) is 0 Å². The fraction of sp³-hybridized carbons (Fsp3) is 0.250. The van der Waals surface area contributed by atoms with Gasteiger partial charge in [-0.05, 0) is 55.2 Å². The third-order valence-corrected chi connectivity index (χ3v) is 6.24. The summed E-state index contributed by atoms with van der Waals surface area (Å²) in [4.78, 5) is 25.0. The van der Waals surface area contributed by atoms with Crippen molar-refractivity contribution in [1.82, 2.24) is 15.3 Å². The molecule has 0 radical (unpaired) electrons. The first-order chi connectivity index (χ1) is 16.3. The molecular formula is C24H25Cl2N5O2S. The highest BCUT2D eigenvalue weighted by atomic mass is 35.5. The number of benzene rings is 2. The van der Waals surface area contributed by atoms with Gasteiger partial charge in [-0.2, -0.15) is 5.10 Å². The van der Waals surface area contributed by atoms with E-state index in [0.29, 0.717) is 41.7 Å². The standard InChI is InChI=1S/C24H25Cl2N5O2S/c1-16(23(33)29-13-11-18-4-8-20(26)9-5-18)30-31-21(15-34-24(31)27)14-22(32)28-12-10-17-2-6-19(25)7-3-17/h2-9,15,27H,10-14H2,1H3,(H,28,32)(H,29,33)/b27-24?,30-16+. The van der Waals surface area contributed by atoms with E-state index in [4.69, 9.17) is 28.6 Å². The van der Waals surface area contributed by atoms with Gasteiger partial charge in [-0.15, -0.1) is 11.3 Å². The lowest BCUT2D eigenvalue weighted by Gasteiger charge is -2.08. The minimum atomic E-state index is -0.328. The highest BCUT2D eigenvalue weighted by Crippen LogP contribution is 2.10. The number of nitrogens with one attached hydrogen (secondary N) is 3. The zero-order valence-electron chi connectivity index (χ0n) is 18.6. The van der Waals surface area contributed by atoms with Gasteiger partial charge in [0.05, 0.1) is 12.1 Å². The van der Waals surface area contributed by atoms with Crippen LogP contribution in [0.4, 0.5) is 0 Å². The summed E-state index contributed by atoms with van der Waals surface area (Å²) in [6, 6.07) is 14.9. The number of halogens is 2. The molecule has 3 N–H and O–H groups in total. The predicted octanol–water partition coefficient (Wildman–Crippen LogP) is 3.82. The van der Waals surface area contributed by atoms with Crippen LogP contribution in [0.15, 0.2) is 59.0 Å². The molecule has 7 nitrogen and oxygen atoms in total. The van der Waals surface area contributed by atoms with Crippen LogP contribution >= 0.6 is 34.5 Å². The first-order valence-corrected chi connectivity index (χ1v) is 12.3. The fourth-order valence-corrected chi connectivity index (χ4v) is 4.04. The third-order valence-electron chi connectivity index (χ3n) is 4.95. The Morgan fingerprint density at radius 2 is 1.47 bits per heavy atom. The maximum absolute atomic E-state index is 12.4. The summed E-state index contributed by atoms with van der Waals surface area (Å²) in [5.41, 5.74) is 2.89. The summed E-state index contributed by atoms with van der Waals surface area (Å²) >= 11 is 12.9. The zero-order chi connectivity index (χ0) is 24.5.